The van der Waals surface area contributed by atoms with Crippen LogP contribution in [0, 0.1) is 13.8 Å². The van der Waals surface area contributed by atoms with Gasteiger partial charge in [0.1, 0.15) is 11.3 Å². The summed E-state index contributed by atoms with van der Waals surface area (Å²) in [7, 11) is 0. The number of rotatable bonds is 5. The van der Waals surface area contributed by atoms with Gasteiger partial charge in [-0.25, -0.2) is 4.98 Å². The van der Waals surface area contributed by atoms with Crippen molar-refractivity contribution in [3.63, 3.8) is 0 Å². The van der Waals surface area contributed by atoms with Crippen molar-refractivity contribution < 1.29 is 4.79 Å². The zero-order chi connectivity index (χ0) is 23.9. The summed E-state index contributed by atoms with van der Waals surface area (Å²) in [6, 6.07) is 15.6. The van der Waals surface area contributed by atoms with Crippen molar-refractivity contribution in [3.05, 3.63) is 96.1 Å². The predicted octanol–water partition coefficient (Wildman–Crippen LogP) is 4.39. The van der Waals surface area contributed by atoms with E-state index in [4.69, 9.17) is 5.10 Å². The van der Waals surface area contributed by atoms with Crippen molar-refractivity contribution in [2.75, 3.05) is 5.32 Å². The van der Waals surface area contributed by atoms with E-state index in [0.29, 0.717) is 23.6 Å². The van der Waals surface area contributed by atoms with Gasteiger partial charge in [-0.05, 0) is 55.8 Å². The first kappa shape index (κ1) is 20.8. The zero-order valence-electron chi connectivity index (χ0n) is 19.2. The van der Waals surface area contributed by atoms with Gasteiger partial charge in [0.25, 0.3) is 5.91 Å². The minimum absolute atomic E-state index is 0.242. The largest absolute Gasteiger partial charge is 0.320 e. The molecule has 0 unspecified atom stereocenters. The normalized spacial score (nSPS) is 11.4. The number of carbonyl (C=O) groups excluding carboxylic acids is 1. The lowest BCUT2D eigenvalue weighted by Gasteiger charge is -2.08. The molecule has 2 N–H and O–H groups in total. The fourth-order valence-corrected chi connectivity index (χ4v) is 4.41. The van der Waals surface area contributed by atoms with Crippen molar-refractivity contribution in [3.8, 4) is 11.1 Å². The highest BCUT2D eigenvalue weighted by molar-refractivity contribution is 6.08. The summed E-state index contributed by atoms with van der Waals surface area (Å²) in [6.45, 7) is 4.47. The van der Waals surface area contributed by atoms with E-state index in [-0.39, 0.29) is 5.91 Å². The van der Waals surface area contributed by atoms with E-state index in [0.717, 1.165) is 39.1 Å². The van der Waals surface area contributed by atoms with Gasteiger partial charge in [0, 0.05) is 29.0 Å². The molecule has 0 atom stereocenters. The van der Waals surface area contributed by atoms with E-state index in [1.165, 1.54) is 0 Å². The second-order valence-corrected chi connectivity index (χ2v) is 8.44. The summed E-state index contributed by atoms with van der Waals surface area (Å²) >= 11 is 0. The number of H-pyrrole nitrogens is 1. The average molecular weight is 463 g/mol. The van der Waals surface area contributed by atoms with Crippen LogP contribution in [-0.4, -0.2) is 40.3 Å². The van der Waals surface area contributed by atoms with Crippen molar-refractivity contribution >= 4 is 28.1 Å². The van der Waals surface area contributed by atoms with Gasteiger partial charge < -0.3 is 5.32 Å². The van der Waals surface area contributed by atoms with Gasteiger partial charge in [-0.15, -0.1) is 0 Å². The van der Waals surface area contributed by atoms with Crippen LogP contribution in [0.3, 0.4) is 0 Å². The molecule has 0 aliphatic heterocycles. The van der Waals surface area contributed by atoms with Crippen LogP contribution in [0.1, 0.15) is 27.6 Å². The number of benzene rings is 1. The van der Waals surface area contributed by atoms with Crippen molar-refractivity contribution in [2.45, 2.75) is 20.4 Å². The van der Waals surface area contributed by atoms with Crippen LogP contribution in [0.4, 0.5) is 5.69 Å². The summed E-state index contributed by atoms with van der Waals surface area (Å²) < 4.78 is 3.70. The second-order valence-electron chi connectivity index (χ2n) is 8.44. The Hall–Kier alpha value is -4.79. The van der Waals surface area contributed by atoms with E-state index in [1.54, 1.807) is 16.8 Å². The van der Waals surface area contributed by atoms with Crippen molar-refractivity contribution in [2.24, 2.45) is 0 Å². The van der Waals surface area contributed by atoms with Crippen LogP contribution in [0.2, 0.25) is 0 Å². The maximum absolute atomic E-state index is 13.3. The van der Waals surface area contributed by atoms with Gasteiger partial charge in [0.05, 0.1) is 41.5 Å². The van der Waals surface area contributed by atoms with Crippen LogP contribution < -0.4 is 5.32 Å². The predicted molar refractivity (Wildman–Crippen MR) is 133 cm³/mol. The van der Waals surface area contributed by atoms with Gasteiger partial charge in [0.2, 0.25) is 0 Å². The number of anilines is 1. The Labute approximate surface area is 200 Å². The highest BCUT2D eigenvalue weighted by atomic mass is 16.1. The van der Waals surface area contributed by atoms with Crippen molar-refractivity contribution in [1.29, 1.82) is 0 Å². The molecule has 0 saturated heterocycles. The minimum Gasteiger partial charge on any atom is -0.320 e. The topological polar surface area (TPSA) is 106 Å². The molecule has 9 heteroatoms. The SMILES string of the molecule is Cc1cccc(Cn2nc(C)c3c(NC(=O)c4cnc5cc(-c6cn[nH]c6)ccn45)cccc32)n1. The monoisotopic (exact) mass is 462 g/mol. The van der Waals surface area contributed by atoms with Crippen molar-refractivity contribution in [1.82, 2.24) is 34.3 Å². The molecule has 0 radical (unpaired) electrons. The Morgan fingerprint density at radius 1 is 1.06 bits per heavy atom. The molecule has 0 aliphatic rings. The number of amides is 1. The van der Waals surface area contributed by atoms with E-state index in [9.17, 15) is 4.79 Å². The lowest BCUT2D eigenvalue weighted by Crippen LogP contribution is -2.14. The molecule has 0 aliphatic carbocycles. The third-order valence-corrected chi connectivity index (χ3v) is 6.04. The molecular formula is C26H22N8O. The molecule has 6 rings (SSSR count). The van der Waals surface area contributed by atoms with Crippen LogP contribution in [0.15, 0.2) is 73.3 Å². The van der Waals surface area contributed by atoms with E-state index >= 15 is 0 Å². The molecule has 6 aromatic rings. The number of carbonyl (C=O) groups is 1. The molecule has 1 amide bonds. The Morgan fingerprint density at radius 3 is 2.77 bits per heavy atom. The van der Waals surface area contributed by atoms with Crippen LogP contribution >= 0.6 is 0 Å². The lowest BCUT2D eigenvalue weighted by atomic mass is 10.1. The standard InChI is InChI=1S/C26H22N8O/c1-16-5-3-6-20(30-16)15-34-22-8-4-7-21(25(22)17(2)32-34)31-26(35)23-14-27-24-11-18(9-10-33(23)24)19-12-28-29-13-19/h3-14H,15H2,1-2H3,(H,28,29)(H,31,35). The molecule has 0 saturated carbocycles. The van der Waals surface area contributed by atoms with Gasteiger partial charge in [-0.3, -0.25) is 24.0 Å². The Morgan fingerprint density at radius 2 is 1.94 bits per heavy atom. The molecule has 172 valence electrons. The van der Waals surface area contributed by atoms with Gasteiger partial charge in [-0.2, -0.15) is 10.2 Å². The number of imidazole rings is 1. The fourth-order valence-electron chi connectivity index (χ4n) is 4.41. The van der Waals surface area contributed by atoms with Gasteiger partial charge in [-0.1, -0.05) is 12.1 Å². The van der Waals surface area contributed by atoms with E-state index < -0.39 is 0 Å². The smallest absolute Gasteiger partial charge is 0.274 e. The molecule has 9 nitrogen and oxygen atoms in total. The Kier molecular flexibility index (Phi) is 4.88. The Balaban J connectivity index is 1.32. The number of aromatic nitrogens is 7. The van der Waals surface area contributed by atoms with Crippen LogP contribution in [0.5, 0.6) is 0 Å². The molecule has 5 heterocycles. The molecule has 0 fully saturated rings. The minimum atomic E-state index is -0.242. The quantitative estimate of drug-likeness (QED) is 0.395. The number of nitrogens with one attached hydrogen (secondary N) is 2. The first-order chi connectivity index (χ1) is 17.1. The third-order valence-electron chi connectivity index (χ3n) is 6.04. The second kappa shape index (κ2) is 8.21. The summed E-state index contributed by atoms with van der Waals surface area (Å²) in [5.41, 5.74) is 7.45. The van der Waals surface area contributed by atoms with Gasteiger partial charge in [0.15, 0.2) is 0 Å². The summed E-state index contributed by atoms with van der Waals surface area (Å²) in [5.74, 6) is -0.242. The maximum Gasteiger partial charge on any atom is 0.274 e. The summed E-state index contributed by atoms with van der Waals surface area (Å²) in [4.78, 5) is 22.3. The molecule has 1 aromatic carbocycles. The number of aromatic amines is 1. The lowest BCUT2D eigenvalue weighted by molar-refractivity contribution is 0.102. The number of fused-ring (bicyclic) bond motifs is 2. The Bertz CT molecular complexity index is 1690. The molecule has 35 heavy (non-hydrogen) atoms. The van der Waals surface area contributed by atoms with Gasteiger partial charge >= 0.3 is 0 Å². The van der Waals surface area contributed by atoms with Crippen LogP contribution in [-0.2, 0) is 6.54 Å². The summed E-state index contributed by atoms with van der Waals surface area (Å²) in [5, 5.41) is 15.5. The van der Waals surface area contributed by atoms with Crippen LogP contribution in [0.25, 0.3) is 27.7 Å². The fraction of sp³-hybridized carbons (Fsp3) is 0.115. The third kappa shape index (κ3) is 3.72. The zero-order valence-corrected chi connectivity index (χ0v) is 19.2. The highest BCUT2D eigenvalue weighted by Crippen LogP contribution is 2.28. The van der Waals surface area contributed by atoms with E-state index in [1.807, 2.05) is 79.5 Å². The number of aryl methyl sites for hydroxylation is 2. The average Bonchev–Trinajstić information content (AvgIpc) is 3.59. The molecule has 0 spiro atoms. The molecular weight excluding hydrogens is 440 g/mol. The first-order valence-electron chi connectivity index (χ1n) is 11.2. The number of nitrogens with zero attached hydrogens (tertiary/aromatic N) is 6. The number of pyridine rings is 2. The summed E-state index contributed by atoms with van der Waals surface area (Å²) in [6.07, 6.45) is 7.00. The maximum atomic E-state index is 13.3. The highest BCUT2D eigenvalue weighted by Gasteiger charge is 2.17. The van der Waals surface area contributed by atoms with E-state index in [2.05, 4.69) is 25.5 Å². The first-order valence-corrected chi connectivity index (χ1v) is 11.2. The molecule has 0 bridgehead atoms. The molecule has 5 aromatic heterocycles. The number of hydrogen-bond acceptors (Lipinski definition) is 5. The number of hydrogen-bond donors (Lipinski definition) is 2.